The van der Waals surface area contributed by atoms with E-state index in [1.807, 2.05) is 0 Å². The zero-order chi connectivity index (χ0) is 9.14. The molecule has 1 nitrogen and oxygen atoms in total. The highest BCUT2D eigenvalue weighted by atomic mass is 14.9. The molecule has 0 heterocycles. The van der Waals surface area contributed by atoms with Crippen molar-refractivity contribution in [2.24, 2.45) is 5.92 Å². The Morgan fingerprint density at radius 1 is 1.17 bits per heavy atom. The Morgan fingerprint density at radius 3 is 2.17 bits per heavy atom. The molecule has 0 aromatic heterocycles. The van der Waals surface area contributed by atoms with E-state index in [2.05, 4.69) is 33.0 Å². The van der Waals surface area contributed by atoms with Gasteiger partial charge in [0.15, 0.2) is 0 Å². The third-order valence-corrected chi connectivity index (χ3v) is 2.22. The van der Waals surface area contributed by atoms with Crippen LogP contribution in [0.3, 0.4) is 0 Å². The molecule has 0 aliphatic heterocycles. The summed E-state index contributed by atoms with van der Waals surface area (Å²) in [6, 6.07) is 0.600. The van der Waals surface area contributed by atoms with Gasteiger partial charge in [0.05, 0.1) is 0 Å². The van der Waals surface area contributed by atoms with Gasteiger partial charge >= 0.3 is 0 Å². The fourth-order valence-electron chi connectivity index (χ4n) is 1.67. The summed E-state index contributed by atoms with van der Waals surface area (Å²) in [5.74, 6) is 0.810. The molecule has 0 aromatic carbocycles. The average Bonchev–Trinajstić information content (AvgIpc) is 1.93. The van der Waals surface area contributed by atoms with Gasteiger partial charge in [0.2, 0.25) is 0 Å². The van der Waals surface area contributed by atoms with E-state index in [-0.39, 0.29) is 0 Å². The molecule has 0 bridgehead atoms. The Balaban J connectivity index is 2.42. The van der Waals surface area contributed by atoms with Crippen LogP contribution >= 0.6 is 0 Å². The Labute approximate surface area is 76.2 Å². The van der Waals surface area contributed by atoms with E-state index in [1.165, 1.54) is 25.0 Å². The summed E-state index contributed by atoms with van der Waals surface area (Å²) < 4.78 is 0. The minimum atomic E-state index is 0.600. The SMILES string of the molecule is CC(C)CC1=C(NC(C)C)CC1. The van der Waals surface area contributed by atoms with Crippen molar-refractivity contribution in [1.82, 2.24) is 5.32 Å². The van der Waals surface area contributed by atoms with Gasteiger partial charge in [-0.05, 0) is 39.0 Å². The highest BCUT2D eigenvalue weighted by Gasteiger charge is 2.17. The lowest BCUT2D eigenvalue weighted by Crippen LogP contribution is -2.27. The topological polar surface area (TPSA) is 12.0 Å². The maximum atomic E-state index is 3.51. The second kappa shape index (κ2) is 3.97. The van der Waals surface area contributed by atoms with E-state index in [1.54, 1.807) is 5.57 Å². The standard InChI is InChI=1S/C11H21N/c1-8(2)7-10-5-6-11(10)12-9(3)4/h8-9,12H,5-7H2,1-4H3. The quantitative estimate of drug-likeness (QED) is 0.678. The molecule has 0 unspecified atom stereocenters. The van der Waals surface area contributed by atoms with E-state index in [9.17, 15) is 0 Å². The van der Waals surface area contributed by atoms with Crippen molar-refractivity contribution in [2.75, 3.05) is 0 Å². The summed E-state index contributed by atoms with van der Waals surface area (Å²) in [6.07, 6.45) is 3.89. The van der Waals surface area contributed by atoms with Gasteiger partial charge in [-0.1, -0.05) is 19.4 Å². The van der Waals surface area contributed by atoms with Gasteiger partial charge in [-0.2, -0.15) is 0 Å². The number of hydrogen-bond acceptors (Lipinski definition) is 1. The predicted octanol–water partition coefficient (Wildman–Crippen LogP) is 3.08. The maximum Gasteiger partial charge on any atom is 0.0201 e. The highest BCUT2D eigenvalue weighted by Crippen LogP contribution is 2.30. The first-order valence-electron chi connectivity index (χ1n) is 5.07. The van der Waals surface area contributed by atoms with Crippen molar-refractivity contribution >= 4 is 0 Å². The van der Waals surface area contributed by atoms with Crippen molar-refractivity contribution in [3.8, 4) is 0 Å². The number of nitrogens with one attached hydrogen (secondary N) is 1. The summed E-state index contributed by atoms with van der Waals surface area (Å²) in [7, 11) is 0. The van der Waals surface area contributed by atoms with Crippen LogP contribution in [0, 0.1) is 5.92 Å². The minimum Gasteiger partial charge on any atom is -0.386 e. The van der Waals surface area contributed by atoms with Crippen LogP contribution in [0.2, 0.25) is 0 Å². The molecule has 0 saturated heterocycles. The second-order valence-corrected chi connectivity index (χ2v) is 4.48. The van der Waals surface area contributed by atoms with Gasteiger partial charge in [-0.15, -0.1) is 0 Å². The molecule has 0 radical (unpaired) electrons. The molecule has 12 heavy (non-hydrogen) atoms. The summed E-state index contributed by atoms with van der Waals surface area (Å²) in [5.41, 5.74) is 3.19. The summed E-state index contributed by atoms with van der Waals surface area (Å²) in [5, 5.41) is 3.51. The molecule has 1 rings (SSSR count). The molecule has 0 saturated carbocycles. The molecule has 1 heteroatoms. The Bertz CT molecular complexity index is 157. The van der Waals surface area contributed by atoms with Crippen LogP contribution in [-0.2, 0) is 0 Å². The monoisotopic (exact) mass is 167 g/mol. The minimum absolute atomic E-state index is 0.600. The van der Waals surface area contributed by atoms with Crippen LogP contribution in [0.25, 0.3) is 0 Å². The summed E-state index contributed by atoms with van der Waals surface area (Å²) in [6.45, 7) is 8.99. The molecule has 1 N–H and O–H groups in total. The largest absolute Gasteiger partial charge is 0.386 e. The number of hydrogen-bond donors (Lipinski definition) is 1. The van der Waals surface area contributed by atoms with Crippen molar-refractivity contribution < 1.29 is 0 Å². The molecule has 0 fully saturated rings. The normalized spacial score (nSPS) is 17.2. The van der Waals surface area contributed by atoms with Crippen molar-refractivity contribution in [3.05, 3.63) is 11.3 Å². The second-order valence-electron chi connectivity index (χ2n) is 4.48. The first kappa shape index (κ1) is 9.63. The lowest BCUT2D eigenvalue weighted by atomic mass is 9.87. The fraction of sp³-hybridized carbons (Fsp3) is 0.818. The molecule has 1 aliphatic rings. The highest BCUT2D eigenvalue weighted by molar-refractivity contribution is 5.23. The van der Waals surface area contributed by atoms with Gasteiger partial charge in [0.1, 0.15) is 0 Å². The van der Waals surface area contributed by atoms with Crippen LogP contribution in [0.1, 0.15) is 47.0 Å². The van der Waals surface area contributed by atoms with E-state index in [4.69, 9.17) is 0 Å². The molecule has 0 aromatic rings. The molecular formula is C11H21N. The predicted molar refractivity (Wildman–Crippen MR) is 54.0 cm³/mol. The molecule has 1 aliphatic carbocycles. The third-order valence-electron chi connectivity index (χ3n) is 2.22. The van der Waals surface area contributed by atoms with Crippen LogP contribution in [0.15, 0.2) is 11.3 Å². The molecular weight excluding hydrogens is 146 g/mol. The van der Waals surface area contributed by atoms with Crippen molar-refractivity contribution in [3.63, 3.8) is 0 Å². The van der Waals surface area contributed by atoms with Crippen LogP contribution in [0.4, 0.5) is 0 Å². The van der Waals surface area contributed by atoms with Crippen LogP contribution in [0.5, 0.6) is 0 Å². The summed E-state index contributed by atoms with van der Waals surface area (Å²) in [4.78, 5) is 0. The van der Waals surface area contributed by atoms with Crippen molar-refractivity contribution in [2.45, 2.75) is 53.0 Å². The fourth-order valence-corrected chi connectivity index (χ4v) is 1.67. The third kappa shape index (κ3) is 2.54. The zero-order valence-electron chi connectivity index (χ0n) is 8.78. The Morgan fingerprint density at radius 2 is 1.83 bits per heavy atom. The van der Waals surface area contributed by atoms with E-state index >= 15 is 0 Å². The molecule has 0 atom stereocenters. The van der Waals surface area contributed by atoms with Crippen LogP contribution in [-0.4, -0.2) is 6.04 Å². The average molecular weight is 167 g/mol. The van der Waals surface area contributed by atoms with Gasteiger partial charge < -0.3 is 5.32 Å². The first-order chi connectivity index (χ1) is 5.59. The van der Waals surface area contributed by atoms with E-state index in [0.717, 1.165) is 5.92 Å². The van der Waals surface area contributed by atoms with Gasteiger partial charge in [-0.25, -0.2) is 0 Å². The van der Waals surface area contributed by atoms with Gasteiger partial charge in [0.25, 0.3) is 0 Å². The zero-order valence-corrected chi connectivity index (χ0v) is 8.78. The van der Waals surface area contributed by atoms with Crippen molar-refractivity contribution in [1.29, 1.82) is 0 Å². The lowest BCUT2D eigenvalue weighted by Gasteiger charge is -2.28. The Hall–Kier alpha value is -0.460. The molecule has 70 valence electrons. The first-order valence-corrected chi connectivity index (χ1v) is 5.07. The Kier molecular flexibility index (Phi) is 3.19. The number of allylic oxidation sites excluding steroid dienone is 2. The number of rotatable bonds is 4. The van der Waals surface area contributed by atoms with Gasteiger partial charge in [-0.3, -0.25) is 0 Å². The molecule has 0 spiro atoms. The smallest absolute Gasteiger partial charge is 0.0201 e. The summed E-state index contributed by atoms with van der Waals surface area (Å²) >= 11 is 0. The van der Waals surface area contributed by atoms with E-state index in [0.29, 0.717) is 6.04 Å². The molecule has 0 amide bonds. The van der Waals surface area contributed by atoms with Crippen LogP contribution < -0.4 is 5.32 Å². The van der Waals surface area contributed by atoms with E-state index < -0.39 is 0 Å². The maximum absolute atomic E-state index is 3.51. The van der Waals surface area contributed by atoms with Gasteiger partial charge in [0, 0.05) is 11.7 Å². The lowest BCUT2D eigenvalue weighted by molar-refractivity contribution is 0.537.